The molecule has 14 heavy (non-hydrogen) atoms. The van der Waals surface area contributed by atoms with E-state index in [9.17, 15) is 4.79 Å². The summed E-state index contributed by atoms with van der Waals surface area (Å²) in [5.74, 6) is -0.964. The molecule has 0 aliphatic heterocycles. The molecule has 0 fully saturated rings. The van der Waals surface area contributed by atoms with Gasteiger partial charge < -0.3 is 9.84 Å². The molecule has 1 N–H and O–H groups in total. The fourth-order valence-electron chi connectivity index (χ4n) is 0.888. The Bertz CT molecular complexity index is 306. The molecule has 4 nitrogen and oxygen atoms in total. The Kier molecular flexibility index (Phi) is 3.59. The average molecular weight is 195 g/mol. The number of aromatic nitrogens is 1. The number of pyridine rings is 1. The molecule has 4 heteroatoms. The summed E-state index contributed by atoms with van der Waals surface area (Å²) in [7, 11) is 0. The molecule has 0 aliphatic carbocycles. The molecule has 1 rings (SSSR count). The fraction of sp³-hybridized carbons (Fsp3) is 0.400. The van der Waals surface area contributed by atoms with Crippen LogP contribution in [-0.2, 0) is 11.3 Å². The van der Waals surface area contributed by atoms with E-state index >= 15 is 0 Å². The monoisotopic (exact) mass is 195 g/mol. The Hall–Kier alpha value is -1.42. The minimum absolute atomic E-state index is 0.149. The molecule has 0 aliphatic rings. The Morgan fingerprint density at radius 1 is 1.57 bits per heavy atom. The molecule has 0 aromatic carbocycles. The second-order valence-electron chi connectivity index (χ2n) is 3.20. The van der Waals surface area contributed by atoms with Gasteiger partial charge in [-0.25, -0.2) is 4.79 Å². The van der Waals surface area contributed by atoms with Gasteiger partial charge in [0.2, 0.25) is 0 Å². The predicted octanol–water partition coefficient (Wildman–Crippen LogP) is 1.70. The summed E-state index contributed by atoms with van der Waals surface area (Å²) in [6.07, 6.45) is 1.48. The van der Waals surface area contributed by atoms with Crippen molar-refractivity contribution in [1.82, 2.24) is 4.98 Å². The molecule has 0 atom stereocenters. The third-order valence-electron chi connectivity index (χ3n) is 1.64. The van der Waals surface area contributed by atoms with Gasteiger partial charge in [0.05, 0.1) is 24.0 Å². The number of nitrogens with zero attached hydrogens (tertiary/aromatic N) is 1. The zero-order chi connectivity index (χ0) is 10.6. The van der Waals surface area contributed by atoms with Crippen molar-refractivity contribution in [3.8, 4) is 0 Å². The summed E-state index contributed by atoms with van der Waals surface area (Å²) in [6.45, 7) is 4.29. The topological polar surface area (TPSA) is 59.4 Å². The number of hydrogen-bond donors (Lipinski definition) is 1. The van der Waals surface area contributed by atoms with Gasteiger partial charge in [-0.05, 0) is 26.0 Å². The molecular formula is C10H13NO3. The molecule has 1 aromatic heterocycles. The minimum Gasteiger partial charge on any atom is -0.478 e. The van der Waals surface area contributed by atoms with E-state index in [0.29, 0.717) is 6.61 Å². The van der Waals surface area contributed by atoms with Crippen molar-refractivity contribution in [2.75, 3.05) is 0 Å². The molecule has 1 heterocycles. The van der Waals surface area contributed by atoms with Gasteiger partial charge >= 0.3 is 5.97 Å². The second kappa shape index (κ2) is 4.72. The molecule has 0 radical (unpaired) electrons. The number of aromatic carboxylic acids is 1. The standard InChI is InChI=1S/C10H13NO3/c1-7(2)14-6-9-4-3-8(5-11-9)10(12)13/h3-5,7H,6H2,1-2H3,(H,12,13). The quantitative estimate of drug-likeness (QED) is 0.794. The maximum atomic E-state index is 10.5. The van der Waals surface area contributed by atoms with Gasteiger partial charge in [0.15, 0.2) is 0 Å². The second-order valence-corrected chi connectivity index (χ2v) is 3.20. The lowest BCUT2D eigenvalue weighted by atomic mass is 10.2. The fourth-order valence-corrected chi connectivity index (χ4v) is 0.888. The SMILES string of the molecule is CC(C)OCc1ccc(C(=O)O)cn1. The van der Waals surface area contributed by atoms with E-state index in [0.717, 1.165) is 5.69 Å². The van der Waals surface area contributed by atoms with E-state index in [2.05, 4.69) is 4.98 Å². The Labute approximate surface area is 82.5 Å². The number of carbonyl (C=O) groups is 1. The van der Waals surface area contributed by atoms with Crippen LogP contribution in [0.2, 0.25) is 0 Å². The first-order chi connectivity index (χ1) is 6.59. The predicted molar refractivity (Wildman–Crippen MR) is 51.1 cm³/mol. The van der Waals surface area contributed by atoms with Crippen molar-refractivity contribution in [2.24, 2.45) is 0 Å². The van der Waals surface area contributed by atoms with Gasteiger partial charge in [-0.3, -0.25) is 4.98 Å². The van der Waals surface area contributed by atoms with Crippen molar-refractivity contribution >= 4 is 5.97 Å². The third kappa shape index (κ3) is 3.14. The van der Waals surface area contributed by atoms with Crippen LogP contribution in [0.5, 0.6) is 0 Å². The van der Waals surface area contributed by atoms with E-state index in [4.69, 9.17) is 9.84 Å². The third-order valence-corrected chi connectivity index (χ3v) is 1.64. The van der Waals surface area contributed by atoms with Crippen molar-refractivity contribution in [3.63, 3.8) is 0 Å². The summed E-state index contributed by atoms with van der Waals surface area (Å²) < 4.78 is 5.32. The van der Waals surface area contributed by atoms with Gasteiger partial charge in [0, 0.05) is 6.20 Å². The lowest BCUT2D eigenvalue weighted by Gasteiger charge is -2.06. The number of ether oxygens (including phenoxy) is 1. The van der Waals surface area contributed by atoms with Crippen LogP contribution in [0.25, 0.3) is 0 Å². The molecule has 0 saturated carbocycles. The van der Waals surface area contributed by atoms with Crippen molar-refractivity contribution in [2.45, 2.75) is 26.6 Å². The zero-order valence-corrected chi connectivity index (χ0v) is 8.23. The molecule has 0 bridgehead atoms. The number of carboxylic acids is 1. The number of carboxylic acid groups (broad SMARTS) is 1. The van der Waals surface area contributed by atoms with Crippen LogP contribution in [0.4, 0.5) is 0 Å². The Balaban J connectivity index is 2.60. The van der Waals surface area contributed by atoms with E-state index < -0.39 is 5.97 Å². The first-order valence-electron chi connectivity index (χ1n) is 4.39. The molecule has 0 spiro atoms. The van der Waals surface area contributed by atoms with E-state index in [1.807, 2.05) is 13.8 Å². The number of rotatable bonds is 4. The van der Waals surface area contributed by atoms with E-state index in [-0.39, 0.29) is 11.7 Å². The molecular weight excluding hydrogens is 182 g/mol. The summed E-state index contributed by atoms with van der Waals surface area (Å²) in [5, 5.41) is 8.62. The van der Waals surface area contributed by atoms with Crippen LogP contribution in [0.15, 0.2) is 18.3 Å². The van der Waals surface area contributed by atoms with Gasteiger partial charge in [-0.1, -0.05) is 0 Å². The van der Waals surface area contributed by atoms with E-state index in [1.165, 1.54) is 12.3 Å². The highest BCUT2D eigenvalue weighted by Crippen LogP contribution is 2.03. The van der Waals surface area contributed by atoms with E-state index in [1.54, 1.807) is 6.07 Å². The lowest BCUT2D eigenvalue weighted by Crippen LogP contribution is -2.04. The van der Waals surface area contributed by atoms with Gasteiger partial charge in [-0.2, -0.15) is 0 Å². The average Bonchev–Trinajstić information content (AvgIpc) is 2.15. The number of hydrogen-bond acceptors (Lipinski definition) is 3. The first kappa shape index (κ1) is 10.7. The molecule has 0 saturated heterocycles. The smallest absolute Gasteiger partial charge is 0.337 e. The van der Waals surface area contributed by atoms with Gasteiger partial charge in [0.25, 0.3) is 0 Å². The maximum Gasteiger partial charge on any atom is 0.337 e. The summed E-state index contributed by atoms with van der Waals surface area (Å²) in [4.78, 5) is 14.5. The van der Waals surface area contributed by atoms with Crippen LogP contribution >= 0.6 is 0 Å². The molecule has 0 unspecified atom stereocenters. The molecule has 76 valence electrons. The first-order valence-corrected chi connectivity index (χ1v) is 4.39. The highest BCUT2D eigenvalue weighted by molar-refractivity contribution is 5.87. The maximum absolute atomic E-state index is 10.5. The Morgan fingerprint density at radius 2 is 2.29 bits per heavy atom. The highest BCUT2D eigenvalue weighted by atomic mass is 16.5. The molecule has 0 amide bonds. The summed E-state index contributed by atoms with van der Waals surface area (Å²) >= 11 is 0. The largest absolute Gasteiger partial charge is 0.478 e. The van der Waals surface area contributed by atoms with Crippen molar-refractivity contribution < 1.29 is 14.6 Å². The van der Waals surface area contributed by atoms with Crippen LogP contribution in [0.3, 0.4) is 0 Å². The normalized spacial score (nSPS) is 10.5. The highest BCUT2D eigenvalue weighted by Gasteiger charge is 2.03. The van der Waals surface area contributed by atoms with Crippen LogP contribution < -0.4 is 0 Å². The van der Waals surface area contributed by atoms with Crippen molar-refractivity contribution in [3.05, 3.63) is 29.6 Å². The van der Waals surface area contributed by atoms with Crippen LogP contribution in [0, 0.1) is 0 Å². The van der Waals surface area contributed by atoms with Crippen molar-refractivity contribution in [1.29, 1.82) is 0 Å². The molecule has 1 aromatic rings. The lowest BCUT2D eigenvalue weighted by molar-refractivity contribution is 0.0632. The summed E-state index contributed by atoms with van der Waals surface area (Å²) in [6, 6.07) is 3.18. The van der Waals surface area contributed by atoms with Crippen LogP contribution in [-0.4, -0.2) is 22.2 Å². The summed E-state index contributed by atoms with van der Waals surface area (Å²) in [5.41, 5.74) is 0.932. The zero-order valence-electron chi connectivity index (χ0n) is 8.23. The minimum atomic E-state index is -0.964. The van der Waals surface area contributed by atoms with Gasteiger partial charge in [-0.15, -0.1) is 0 Å². The Morgan fingerprint density at radius 3 is 2.71 bits per heavy atom. The van der Waals surface area contributed by atoms with Crippen LogP contribution in [0.1, 0.15) is 29.9 Å². The van der Waals surface area contributed by atoms with Gasteiger partial charge in [0.1, 0.15) is 0 Å².